The lowest BCUT2D eigenvalue weighted by Crippen LogP contribution is -2.30. The van der Waals surface area contributed by atoms with Crippen molar-refractivity contribution in [2.24, 2.45) is 5.10 Å². The molecule has 2 aromatic carbocycles. The number of rotatable bonds is 8. The Kier molecular flexibility index (Phi) is 7.17. The Hall–Kier alpha value is -4.21. The van der Waals surface area contributed by atoms with Crippen molar-refractivity contribution in [3.63, 3.8) is 0 Å². The number of hydrazone groups is 1. The highest BCUT2D eigenvalue weighted by atomic mass is 19.1. The van der Waals surface area contributed by atoms with E-state index in [9.17, 15) is 18.8 Å². The third-order valence-electron chi connectivity index (χ3n) is 4.52. The SMILES string of the molecule is COc1cc(/C=N\NC(=O)Cc2c(C)[nH]c(=O)[nH]c2=O)ccc1OCc1ccccc1F. The Morgan fingerprint density at radius 1 is 1.16 bits per heavy atom. The number of aromatic amines is 2. The minimum Gasteiger partial charge on any atom is -0.493 e. The van der Waals surface area contributed by atoms with Crippen molar-refractivity contribution in [2.75, 3.05) is 7.11 Å². The summed E-state index contributed by atoms with van der Waals surface area (Å²) in [6.07, 6.45) is 1.15. The van der Waals surface area contributed by atoms with Crippen LogP contribution in [0.4, 0.5) is 4.39 Å². The molecule has 0 atom stereocenters. The Morgan fingerprint density at radius 3 is 2.66 bits per heavy atom. The third-order valence-corrected chi connectivity index (χ3v) is 4.52. The molecule has 0 radical (unpaired) electrons. The number of ether oxygens (including phenoxy) is 2. The summed E-state index contributed by atoms with van der Waals surface area (Å²) in [6.45, 7) is 1.57. The van der Waals surface area contributed by atoms with Gasteiger partial charge in [0.2, 0.25) is 5.91 Å². The minimum atomic E-state index is -0.634. The fraction of sp³-hybridized carbons (Fsp3) is 0.182. The average Bonchev–Trinajstić information content (AvgIpc) is 2.76. The predicted octanol–water partition coefficient (Wildman–Crippen LogP) is 1.79. The van der Waals surface area contributed by atoms with E-state index in [0.29, 0.717) is 28.3 Å². The summed E-state index contributed by atoms with van der Waals surface area (Å²) in [6, 6.07) is 11.3. The van der Waals surface area contributed by atoms with Gasteiger partial charge in [0.05, 0.1) is 19.7 Å². The second-order valence-corrected chi connectivity index (χ2v) is 6.77. The van der Waals surface area contributed by atoms with E-state index in [0.717, 1.165) is 0 Å². The van der Waals surface area contributed by atoms with Crippen LogP contribution in [0, 0.1) is 12.7 Å². The molecule has 32 heavy (non-hydrogen) atoms. The minimum absolute atomic E-state index is 0.0375. The molecule has 0 saturated carbocycles. The molecule has 10 heteroatoms. The number of hydrogen-bond donors (Lipinski definition) is 3. The first-order chi connectivity index (χ1) is 15.4. The Labute approximate surface area is 181 Å². The van der Waals surface area contributed by atoms with E-state index in [1.165, 1.54) is 26.3 Å². The van der Waals surface area contributed by atoms with E-state index >= 15 is 0 Å². The standard InChI is InChI=1S/C22H21FN4O5/c1-13-16(21(29)26-22(30)25-13)10-20(28)27-24-11-14-7-8-18(19(9-14)31-2)32-12-15-5-3-4-6-17(15)23/h3-9,11H,10,12H2,1-2H3,(H,27,28)(H2,25,26,29,30)/b24-11-. The zero-order chi connectivity index (χ0) is 23.1. The van der Waals surface area contributed by atoms with Gasteiger partial charge in [0, 0.05) is 16.8 Å². The second-order valence-electron chi connectivity index (χ2n) is 6.77. The molecule has 0 aliphatic rings. The maximum absolute atomic E-state index is 13.7. The quantitative estimate of drug-likeness (QED) is 0.364. The molecule has 3 rings (SSSR count). The molecule has 166 valence electrons. The number of benzene rings is 2. The van der Waals surface area contributed by atoms with E-state index in [4.69, 9.17) is 9.47 Å². The zero-order valence-electron chi connectivity index (χ0n) is 17.4. The van der Waals surface area contributed by atoms with Crippen LogP contribution < -0.4 is 26.1 Å². The highest BCUT2D eigenvalue weighted by molar-refractivity contribution is 5.84. The summed E-state index contributed by atoms with van der Waals surface area (Å²) < 4.78 is 24.7. The number of nitrogens with zero attached hydrogens (tertiary/aromatic N) is 1. The number of nitrogens with one attached hydrogen (secondary N) is 3. The summed E-state index contributed by atoms with van der Waals surface area (Å²) in [5, 5.41) is 3.87. The van der Waals surface area contributed by atoms with Crippen LogP contribution in [0.5, 0.6) is 11.5 Å². The lowest BCUT2D eigenvalue weighted by molar-refractivity contribution is -0.120. The summed E-state index contributed by atoms with van der Waals surface area (Å²) in [5.41, 5.74) is 2.56. The van der Waals surface area contributed by atoms with Gasteiger partial charge in [-0.1, -0.05) is 18.2 Å². The monoisotopic (exact) mass is 440 g/mol. The van der Waals surface area contributed by atoms with Gasteiger partial charge in [-0.25, -0.2) is 14.6 Å². The van der Waals surface area contributed by atoms with Crippen LogP contribution in [0.15, 0.2) is 57.2 Å². The number of hydrogen-bond acceptors (Lipinski definition) is 6. The number of halogens is 1. The van der Waals surface area contributed by atoms with Crippen molar-refractivity contribution >= 4 is 12.1 Å². The van der Waals surface area contributed by atoms with Gasteiger partial charge < -0.3 is 14.5 Å². The first-order valence-electron chi connectivity index (χ1n) is 9.55. The van der Waals surface area contributed by atoms with E-state index in [1.807, 2.05) is 0 Å². The van der Waals surface area contributed by atoms with E-state index in [2.05, 4.69) is 20.5 Å². The number of H-pyrrole nitrogens is 2. The number of carbonyl (C=O) groups excluding carboxylic acids is 1. The smallest absolute Gasteiger partial charge is 0.325 e. The van der Waals surface area contributed by atoms with Crippen molar-refractivity contribution in [1.29, 1.82) is 0 Å². The van der Waals surface area contributed by atoms with Crippen LogP contribution in [-0.4, -0.2) is 29.2 Å². The maximum atomic E-state index is 13.7. The molecule has 0 saturated heterocycles. The Bertz CT molecular complexity index is 1270. The number of methoxy groups -OCH3 is 1. The van der Waals surface area contributed by atoms with E-state index < -0.39 is 17.2 Å². The van der Waals surface area contributed by atoms with Gasteiger partial charge in [-0.15, -0.1) is 0 Å². The van der Waals surface area contributed by atoms with Gasteiger partial charge in [-0.05, 0) is 36.8 Å². The first-order valence-corrected chi connectivity index (χ1v) is 9.55. The molecule has 1 aromatic heterocycles. The van der Waals surface area contributed by atoms with E-state index in [-0.39, 0.29) is 24.4 Å². The fourth-order valence-electron chi connectivity index (χ4n) is 2.87. The van der Waals surface area contributed by atoms with Gasteiger partial charge in [-0.2, -0.15) is 5.10 Å². The van der Waals surface area contributed by atoms with Crippen molar-refractivity contribution in [1.82, 2.24) is 15.4 Å². The van der Waals surface area contributed by atoms with Gasteiger partial charge in [0.25, 0.3) is 5.56 Å². The van der Waals surface area contributed by atoms with Gasteiger partial charge in [-0.3, -0.25) is 14.6 Å². The van der Waals surface area contributed by atoms with Crippen LogP contribution in [0.3, 0.4) is 0 Å². The zero-order valence-corrected chi connectivity index (χ0v) is 17.4. The molecule has 0 aliphatic carbocycles. The average molecular weight is 440 g/mol. The van der Waals surface area contributed by atoms with Crippen molar-refractivity contribution in [3.8, 4) is 11.5 Å². The normalized spacial score (nSPS) is 10.8. The highest BCUT2D eigenvalue weighted by Crippen LogP contribution is 2.28. The van der Waals surface area contributed by atoms with E-state index in [1.54, 1.807) is 36.4 Å². The number of amides is 1. The van der Waals surface area contributed by atoms with Gasteiger partial charge >= 0.3 is 5.69 Å². The summed E-state index contributed by atoms with van der Waals surface area (Å²) in [4.78, 5) is 39.6. The fourth-order valence-corrected chi connectivity index (χ4v) is 2.87. The van der Waals surface area contributed by atoms with Crippen LogP contribution in [0.2, 0.25) is 0 Å². The lowest BCUT2D eigenvalue weighted by atomic mass is 10.1. The molecular formula is C22H21FN4O5. The first kappa shape index (κ1) is 22.5. The Morgan fingerprint density at radius 2 is 1.94 bits per heavy atom. The van der Waals surface area contributed by atoms with Crippen LogP contribution in [0.25, 0.3) is 0 Å². The number of aromatic nitrogens is 2. The molecular weight excluding hydrogens is 419 g/mol. The van der Waals surface area contributed by atoms with Crippen LogP contribution in [0.1, 0.15) is 22.4 Å². The third kappa shape index (κ3) is 5.69. The molecule has 0 aliphatic heterocycles. The van der Waals surface area contributed by atoms with Crippen LogP contribution >= 0.6 is 0 Å². The van der Waals surface area contributed by atoms with Gasteiger partial charge in [0.15, 0.2) is 11.5 Å². The molecule has 1 heterocycles. The molecule has 9 nitrogen and oxygen atoms in total. The van der Waals surface area contributed by atoms with Crippen molar-refractivity contribution < 1.29 is 18.7 Å². The van der Waals surface area contributed by atoms with Crippen molar-refractivity contribution in [2.45, 2.75) is 20.0 Å². The molecule has 0 fully saturated rings. The molecule has 3 N–H and O–H groups in total. The van der Waals surface area contributed by atoms with Gasteiger partial charge in [0.1, 0.15) is 12.4 Å². The molecule has 3 aromatic rings. The molecule has 1 amide bonds. The van der Waals surface area contributed by atoms with Crippen molar-refractivity contribution in [3.05, 3.63) is 91.5 Å². The van der Waals surface area contributed by atoms with Crippen LogP contribution in [-0.2, 0) is 17.8 Å². The summed E-state index contributed by atoms with van der Waals surface area (Å²) >= 11 is 0. The predicted molar refractivity (Wildman–Crippen MR) is 116 cm³/mol. The highest BCUT2D eigenvalue weighted by Gasteiger charge is 2.11. The number of aryl methyl sites for hydroxylation is 1. The topological polar surface area (TPSA) is 126 Å². The second kappa shape index (κ2) is 10.2. The Balaban J connectivity index is 1.62. The summed E-state index contributed by atoms with van der Waals surface area (Å²) in [5.74, 6) is -0.0552. The largest absolute Gasteiger partial charge is 0.493 e. The molecule has 0 unspecified atom stereocenters. The maximum Gasteiger partial charge on any atom is 0.325 e. The lowest BCUT2D eigenvalue weighted by Gasteiger charge is -2.11. The molecule has 0 bridgehead atoms. The molecule has 0 spiro atoms. The summed E-state index contributed by atoms with van der Waals surface area (Å²) in [7, 11) is 1.47. The number of carbonyl (C=O) groups is 1.